The first-order valence-corrected chi connectivity index (χ1v) is 9.34. The molecule has 0 unspecified atom stereocenters. The highest BCUT2D eigenvalue weighted by atomic mass is 32.2. The molecule has 0 amide bonds. The molecule has 2 fully saturated rings. The highest BCUT2D eigenvalue weighted by molar-refractivity contribution is 7.88. The first-order valence-electron chi connectivity index (χ1n) is 7.50. The molecule has 3 heterocycles. The third-order valence-corrected chi connectivity index (χ3v) is 5.45. The van der Waals surface area contributed by atoms with Gasteiger partial charge in [-0.05, 0) is 25.5 Å². The van der Waals surface area contributed by atoms with Crippen LogP contribution < -0.4 is 0 Å². The summed E-state index contributed by atoms with van der Waals surface area (Å²) in [6.07, 6.45) is 2.91. The predicted octanol–water partition coefficient (Wildman–Crippen LogP) is 1.10. The van der Waals surface area contributed by atoms with Crippen LogP contribution in [0.15, 0.2) is 18.2 Å². The highest BCUT2D eigenvalue weighted by Crippen LogP contribution is 2.36. The van der Waals surface area contributed by atoms with Crippen molar-refractivity contribution in [3.63, 3.8) is 0 Å². The summed E-state index contributed by atoms with van der Waals surface area (Å²) in [6.45, 7) is 3.94. The van der Waals surface area contributed by atoms with E-state index < -0.39 is 10.0 Å². The maximum absolute atomic E-state index is 11.5. The van der Waals surface area contributed by atoms with Crippen LogP contribution in [0, 0.1) is 6.92 Å². The molecule has 0 N–H and O–H groups in total. The molecule has 0 saturated carbocycles. The van der Waals surface area contributed by atoms with Crippen LogP contribution in [0.5, 0.6) is 0 Å². The van der Waals surface area contributed by atoms with Crippen molar-refractivity contribution in [2.75, 3.05) is 26.0 Å². The van der Waals surface area contributed by atoms with Crippen molar-refractivity contribution in [3.8, 4) is 0 Å². The summed E-state index contributed by atoms with van der Waals surface area (Å²) in [5, 5.41) is 0. The molecule has 1 aromatic heterocycles. The van der Waals surface area contributed by atoms with E-state index in [2.05, 4.69) is 4.98 Å². The Balaban J connectivity index is 1.54. The van der Waals surface area contributed by atoms with Crippen molar-refractivity contribution in [3.05, 3.63) is 29.6 Å². The number of pyridine rings is 1. The minimum Gasteiger partial charge on any atom is -0.372 e. The van der Waals surface area contributed by atoms with Crippen LogP contribution in [0.2, 0.25) is 0 Å². The molecule has 122 valence electrons. The van der Waals surface area contributed by atoms with E-state index in [1.54, 1.807) is 0 Å². The molecule has 7 heteroatoms. The fraction of sp³-hybridized carbons (Fsp3) is 0.667. The SMILES string of the molecule is Cc1cccc(CO[C@@H]2CCOC3(C2)CN(S(C)(=O)=O)C3)n1. The van der Waals surface area contributed by atoms with E-state index in [0.29, 0.717) is 26.3 Å². The molecule has 1 aromatic rings. The van der Waals surface area contributed by atoms with Crippen molar-refractivity contribution < 1.29 is 17.9 Å². The molecule has 0 bridgehead atoms. The number of nitrogens with zero attached hydrogens (tertiary/aromatic N) is 2. The number of rotatable bonds is 4. The van der Waals surface area contributed by atoms with Gasteiger partial charge in [-0.25, -0.2) is 8.42 Å². The summed E-state index contributed by atoms with van der Waals surface area (Å²) < 4.78 is 36.2. The number of aromatic nitrogens is 1. The topological polar surface area (TPSA) is 68.7 Å². The molecule has 3 rings (SSSR count). The van der Waals surface area contributed by atoms with Crippen LogP contribution in [0.4, 0.5) is 0 Å². The smallest absolute Gasteiger partial charge is 0.211 e. The molecular weight excluding hydrogens is 304 g/mol. The van der Waals surface area contributed by atoms with Crippen LogP contribution in [0.1, 0.15) is 24.2 Å². The van der Waals surface area contributed by atoms with Gasteiger partial charge in [0.05, 0.1) is 30.3 Å². The quantitative estimate of drug-likeness (QED) is 0.829. The molecule has 2 aliphatic heterocycles. The fourth-order valence-corrected chi connectivity index (χ4v) is 4.00. The lowest BCUT2D eigenvalue weighted by Crippen LogP contribution is -2.67. The minimum absolute atomic E-state index is 0.0952. The molecule has 1 atom stereocenters. The molecule has 6 nitrogen and oxygen atoms in total. The molecule has 0 aliphatic carbocycles. The van der Waals surface area contributed by atoms with E-state index in [-0.39, 0.29) is 11.7 Å². The Bertz CT molecular complexity index is 641. The number of hydrogen-bond donors (Lipinski definition) is 0. The average Bonchev–Trinajstić information content (AvgIpc) is 2.42. The van der Waals surface area contributed by atoms with Crippen LogP contribution >= 0.6 is 0 Å². The second kappa shape index (κ2) is 5.88. The lowest BCUT2D eigenvalue weighted by atomic mass is 9.86. The highest BCUT2D eigenvalue weighted by Gasteiger charge is 2.50. The van der Waals surface area contributed by atoms with Gasteiger partial charge in [-0.1, -0.05) is 6.07 Å². The molecule has 22 heavy (non-hydrogen) atoms. The summed E-state index contributed by atoms with van der Waals surface area (Å²) >= 11 is 0. The fourth-order valence-electron chi connectivity index (χ4n) is 3.06. The molecule has 1 spiro atoms. The number of hydrogen-bond acceptors (Lipinski definition) is 5. The number of ether oxygens (including phenoxy) is 2. The first-order chi connectivity index (χ1) is 10.4. The zero-order valence-corrected chi connectivity index (χ0v) is 13.8. The molecule has 2 aliphatic rings. The van der Waals surface area contributed by atoms with Gasteiger partial charge in [0.1, 0.15) is 0 Å². The van der Waals surface area contributed by atoms with Crippen molar-refractivity contribution in [1.82, 2.24) is 9.29 Å². The second-order valence-corrected chi connectivity index (χ2v) is 8.24. The van der Waals surface area contributed by atoms with Gasteiger partial charge in [0.25, 0.3) is 0 Å². The van der Waals surface area contributed by atoms with E-state index in [1.165, 1.54) is 10.6 Å². The molecule has 0 aromatic carbocycles. The molecule has 2 saturated heterocycles. The third kappa shape index (κ3) is 3.48. The van der Waals surface area contributed by atoms with E-state index in [0.717, 1.165) is 24.2 Å². The lowest BCUT2D eigenvalue weighted by molar-refractivity contribution is -0.180. The third-order valence-electron chi connectivity index (χ3n) is 4.26. The largest absolute Gasteiger partial charge is 0.372 e. The summed E-state index contributed by atoms with van der Waals surface area (Å²) in [4.78, 5) is 4.43. The summed E-state index contributed by atoms with van der Waals surface area (Å²) in [6, 6.07) is 5.89. The van der Waals surface area contributed by atoms with Gasteiger partial charge in [-0.15, -0.1) is 0 Å². The van der Waals surface area contributed by atoms with Crippen LogP contribution in [0.3, 0.4) is 0 Å². The maximum atomic E-state index is 11.5. The van der Waals surface area contributed by atoms with Crippen molar-refractivity contribution in [2.24, 2.45) is 0 Å². The Morgan fingerprint density at radius 2 is 2.23 bits per heavy atom. The monoisotopic (exact) mass is 326 g/mol. The Labute approximate surface area is 131 Å². The van der Waals surface area contributed by atoms with Crippen LogP contribution in [-0.4, -0.2) is 55.4 Å². The van der Waals surface area contributed by atoms with E-state index in [4.69, 9.17) is 9.47 Å². The van der Waals surface area contributed by atoms with Crippen molar-refractivity contribution in [1.29, 1.82) is 0 Å². The van der Waals surface area contributed by atoms with E-state index in [1.807, 2.05) is 25.1 Å². The Morgan fingerprint density at radius 3 is 2.91 bits per heavy atom. The molecule has 0 radical (unpaired) electrons. The molecular formula is C15H22N2O4S. The zero-order valence-electron chi connectivity index (χ0n) is 13.0. The lowest BCUT2D eigenvalue weighted by Gasteiger charge is -2.51. The van der Waals surface area contributed by atoms with Gasteiger partial charge in [0.15, 0.2) is 0 Å². The van der Waals surface area contributed by atoms with E-state index in [9.17, 15) is 8.42 Å². The first kappa shape index (κ1) is 15.9. The Morgan fingerprint density at radius 1 is 1.45 bits per heavy atom. The zero-order chi connectivity index (χ0) is 15.8. The second-order valence-electron chi connectivity index (χ2n) is 6.26. The Hall–Kier alpha value is -1.02. The maximum Gasteiger partial charge on any atom is 0.211 e. The number of sulfonamides is 1. The normalized spacial score (nSPS) is 25.1. The summed E-state index contributed by atoms with van der Waals surface area (Å²) in [5.74, 6) is 0. The van der Waals surface area contributed by atoms with Gasteiger partial charge in [-0.2, -0.15) is 4.31 Å². The van der Waals surface area contributed by atoms with Crippen LogP contribution in [-0.2, 0) is 26.1 Å². The number of aryl methyl sites for hydroxylation is 1. The van der Waals surface area contributed by atoms with Crippen molar-refractivity contribution >= 4 is 10.0 Å². The van der Waals surface area contributed by atoms with E-state index >= 15 is 0 Å². The van der Waals surface area contributed by atoms with Gasteiger partial charge in [0.2, 0.25) is 10.0 Å². The van der Waals surface area contributed by atoms with Crippen LogP contribution in [0.25, 0.3) is 0 Å². The minimum atomic E-state index is -3.12. The predicted molar refractivity (Wildman–Crippen MR) is 81.9 cm³/mol. The van der Waals surface area contributed by atoms with Crippen molar-refractivity contribution in [2.45, 2.75) is 38.1 Å². The summed E-state index contributed by atoms with van der Waals surface area (Å²) in [5.41, 5.74) is 1.55. The standard InChI is InChI=1S/C15H22N2O4S/c1-12-4-3-5-13(16-12)9-20-14-6-7-21-15(8-14)10-17(11-15)22(2,18)19/h3-5,14H,6-11H2,1-2H3/t14-/m1/s1. The summed E-state index contributed by atoms with van der Waals surface area (Å²) in [7, 11) is -3.12. The van der Waals surface area contributed by atoms with Gasteiger partial charge in [-0.3, -0.25) is 4.98 Å². The van der Waals surface area contributed by atoms with Gasteiger partial charge in [0, 0.05) is 31.8 Å². The Kier molecular flexibility index (Phi) is 4.24. The van der Waals surface area contributed by atoms with Gasteiger partial charge < -0.3 is 9.47 Å². The van der Waals surface area contributed by atoms with Gasteiger partial charge >= 0.3 is 0 Å². The average molecular weight is 326 g/mol.